The Kier molecular flexibility index (Phi) is 14.1. The summed E-state index contributed by atoms with van der Waals surface area (Å²) < 4.78 is 39.8. The number of nitrogens with two attached hydrogens (primary N) is 1. The number of imide groups is 2. The number of amides is 5. The van der Waals surface area contributed by atoms with E-state index in [1.807, 2.05) is 12.1 Å². The smallest absolute Gasteiger partial charge is 0.398 e. The number of hydrogen-bond acceptors (Lipinski definition) is 11. The van der Waals surface area contributed by atoms with Gasteiger partial charge in [-0.3, -0.25) is 39.2 Å². The lowest BCUT2D eigenvalue weighted by atomic mass is 9.65. The summed E-state index contributed by atoms with van der Waals surface area (Å²) in [6, 6.07) is 11.3. The minimum Gasteiger partial charge on any atom is -0.398 e. The fourth-order valence-corrected chi connectivity index (χ4v) is 9.87. The standard InChI is InChI=1S/C48H59F3N8O6/c1-30(7-10-42(61)54-29-60)59-44(63)35-9-8-34(26-36(35)45(59)64)58-23-18-47(19-24-58)16-11-31(12-17-47)13-20-57-21-14-33(15-22-57)53-28-32-25-40(37(27-38(32)52)46(2,3)65)56-43(62)39-5-4-6-41(55-39)48(49,50)51/h4-6,8-9,25-31,33,65H,7,10-24,52H2,1-3H3,(H,56,62)(H,54,60,61). The SMILES string of the molecule is CC(CCC(=O)NC=O)N1C(=O)c2ccc(N3CCC4(CCC(CCN5CCC(N=Cc6cc(NC(=O)c7cccc(C(F)(F)F)n7)c(C(C)(C)O)cc6N)CC5)CC4)CC3)cc2C1=O. The Hall–Kier alpha value is -5.68. The van der Waals surface area contributed by atoms with Crippen molar-refractivity contribution in [3.05, 3.63) is 82.2 Å². The number of nitrogens with zero attached hydrogens (tertiary/aromatic N) is 5. The second-order valence-electron chi connectivity index (χ2n) is 18.8. The molecule has 1 spiro atoms. The van der Waals surface area contributed by atoms with Gasteiger partial charge in [0.2, 0.25) is 12.3 Å². The molecule has 4 heterocycles. The number of piperidine rings is 2. The molecule has 4 aliphatic rings. The van der Waals surface area contributed by atoms with Crippen LogP contribution in [0.5, 0.6) is 0 Å². The van der Waals surface area contributed by atoms with Crippen molar-refractivity contribution in [3.63, 3.8) is 0 Å². The van der Waals surface area contributed by atoms with Gasteiger partial charge in [0.25, 0.3) is 17.7 Å². The third kappa shape index (κ3) is 11.1. The summed E-state index contributed by atoms with van der Waals surface area (Å²) in [6.45, 7) is 9.47. The van der Waals surface area contributed by atoms with Crippen molar-refractivity contribution in [1.29, 1.82) is 0 Å². The number of carbonyl (C=O) groups excluding carboxylic acids is 5. The largest absolute Gasteiger partial charge is 0.433 e. The summed E-state index contributed by atoms with van der Waals surface area (Å²) in [6.07, 6.45) is 7.53. The topological polar surface area (TPSA) is 191 Å². The molecule has 65 heavy (non-hydrogen) atoms. The van der Waals surface area contributed by atoms with E-state index < -0.39 is 41.0 Å². The van der Waals surface area contributed by atoms with Gasteiger partial charge in [0.05, 0.1) is 22.8 Å². The number of hydrogen-bond donors (Lipinski definition) is 4. The molecule has 1 unspecified atom stereocenters. The van der Waals surface area contributed by atoms with Crippen LogP contribution in [-0.4, -0.2) is 101 Å². The molecule has 3 aliphatic heterocycles. The van der Waals surface area contributed by atoms with E-state index >= 15 is 0 Å². The molecule has 7 rings (SSSR count). The van der Waals surface area contributed by atoms with Gasteiger partial charge in [0.15, 0.2) is 0 Å². The first-order valence-corrected chi connectivity index (χ1v) is 22.6. The first-order chi connectivity index (χ1) is 30.8. The monoisotopic (exact) mass is 900 g/mol. The van der Waals surface area contributed by atoms with Crippen LogP contribution in [0.25, 0.3) is 0 Å². The predicted molar refractivity (Wildman–Crippen MR) is 241 cm³/mol. The molecule has 0 bridgehead atoms. The molecular formula is C48H59F3N8O6. The Morgan fingerprint density at radius 3 is 2.32 bits per heavy atom. The van der Waals surface area contributed by atoms with Crippen molar-refractivity contribution in [1.82, 2.24) is 20.1 Å². The van der Waals surface area contributed by atoms with E-state index in [1.54, 1.807) is 31.3 Å². The van der Waals surface area contributed by atoms with Gasteiger partial charge in [-0.25, -0.2) is 4.98 Å². The first kappa shape index (κ1) is 47.3. The second kappa shape index (κ2) is 19.4. The average molecular weight is 901 g/mol. The Labute approximate surface area is 377 Å². The molecule has 5 amide bonds. The second-order valence-corrected chi connectivity index (χ2v) is 18.8. The zero-order valence-corrected chi connectivity index (χ0v) is 37.3. The molecule has 3 fully saturated rings. The fraction of sp³-hybridized carbons (Fsp3) is 0.521. The average Bonchev–Trinajstić information content (AvgIpc) is 3.53. The van der Waals surface area contributed by atoms with E-state index in [4.69, 9.17) is 10.7 Å². The maximum atomic E-state index is 13.4. The van der Waals surface area contributed by atoms with Gasteiger partial charge < -0.3 is 26.0 Å². The van der Waals surface area contributed by atoms with E-state index in [0.717, 1.165) is 82.6 Å². The lowest BCUT2D eigenvalue weighted by molar-refractivity contribution is -0.141. The number of benzene rings is 2. The number of aliphatic imine (C=N–C) groups is 1. The maximum Gasteiger partial charge on any atom is 0.433 e. The zero-order chi connectivity index (χ0) is 46.7. The van der Waals surface area contributed by atoms with Gasteiger partial charge in [-0.1, -0.05) is 6.07 Å². The van der Waals surface area contributed by atoms with Crippen LogP contribution in [0.3, 0.4) is 0 Å². The van der Waals surface area contributed by atoms with Crippen molar-refractivity contribution in [2.75, 3.05) is 48.7 Å². The Morgan fingerprint density at radius 2 is 1.66 bits per heavy atom. The fourth-order valence-electron chi connectivity index (χ4n) is 9.87. The summed E-state index contributed by atoms with van der Waals surface area (Å²) in [7, 11) is 0. The maximum absolute atomic E-state index is 13.4. The van der Waals surface area contributed by atoms with E-state index in [2.05, 4.69) is 25.4 Å². The van der Waals surface area contributed by atoms with Gasteiger partial charge in [-0.2, -0.15) is 13.2 Å². The third-order valence-electron chi connectivity index (χ3n) is 13.9. The van der Waals surface area contributed by atoms with E-state index in [1.165, 1.54) is 50.5 Å². The molecule has 3 aromatic rings. The van der Waals surface area contributed by atoms with Gasteiger partial charge in [-0.05, 0) is 145 Å². The third-order valence-corrected chi connectivity index (χ3v) is 13.9. The van der Waals surface area contributed by atoms with Crippen molar-refractivity contribution in [2.24, 2.45) is 16.3 Å². The molecule has 1 atom stereocenters. The quantitative estimate of drug-likeness (QED) is 0.0570. The molecule has 348 valence electrons. The highest BCUT2D eigenvalue weighted by Crippen LogP contribution is 2.48. The summed E-state index contributed by atoms with van der Waals surface area (Å²) >= 11 is 0. The van der Waals surface area contributed by atoms with Crippen LogP contribution < -0.4 is 21.3 Å². The Morgan fingerprint density at radius 1 is 0.969 bits per heavy atom. The summed E-state index contributed by atoms with van der Waals surface area (Å²) in [5.74, 6) is -1.32. The number of fused-ring (bicyclic) bond motifs is 1. The molecule has 5 N–H and O–H groups in total. The molecule has 1 aliphatic carbocycles. The van der Waals surface area contributed by atoms with Crippen LogP contribution in [0.2, 0.25) is 0 Å². The highest BCUT2D eigenvalue weighted by atomic mass is 19.4. The lowest BCUT2D eigenvalue weighted by Gasteiger charge is -2.47. The van der Waals surface area contributed by atoms with Gasteiger partial charge in [-0.15, -0.1) is 0 Å². The highest BCUT2D eigenvalue weighted by Gasteiger charge is 2.41. The van der Waals surface area contributed by atoms with Gasteiger partial charge in [0.1, 0.15) is 11.4 Å². The van der Waals surface area contributed by atoms with Crippen molar-refractivity contribution >= 4 is 53.3 Å². The zero-order valence-electron chi connectivity index (χ0n) is 37.3. The van der Waals surface area contributed by atoms with E-state index in [9.17, 15) is 42.3 Å². The summed E-state index contributed by atoms with van der Waals surface area (Å²) in [5.41, 5.74) is 6.75. The van der Waals surface area contributed by atoms with E-state index in [-0.39, 0.29) is 36.4 Å². The number of aliphatic hydroxyl groups is 1. The number of nitrogen functional groups attached to an aromatic ring is 1. The van der Waals surface area contributed by atoms with Crippen LogP contribution in [0.4, 0.5) is 30.2 Å². The van der Waals surface area contributed by atoms with Crippen molar-refractivity contribution in [2.45, 2.75) is 115 Å². The number of pyridine rings is 1. The number of likely N-dealkylation sites (tertiary alicyclic amines) is 1. The van der Waals surface area contributed by atoms with Crippen LogP contribution in [0.15, 0.2) is 53.5 Å². The molecule has 1 aromatic heterocycles. The minimum absolute atomic E-state index is 0.0311. The molecule has 1 saturated carbocycles. The number of rotatable bonds is 14. The van der Waals surface area contributed by atoms with Crippen LogP contribution in [0, 0.1) is 11.3 Å². The van der Waals surface area contributed by atoms with Gasteiger partial charge >= 0.3 is 6.18 Å². The van der Waals surface area contributed by atoms with E-state index in [0.29, 0.717) is 45.7 Å². The number of halogens is 3. The van der Waals surface area contributed by atoms with Crippen LogP contribution in [-0.2, 0) is 21.4 Å². The van der Waals surface area contributed by atoms with Gasteiger partial charge in [0, 0.05) is 73.0 Å². The van der Waals surface area contributed by atoms with Crippen molar-refractivity contribution < 1.29 is 42.3 Å². The number of nitrogens with one attached hydrogen (secondary N) is 2. The lowest BCUT2D eigenvalue weighted by Crippen LogP contribution is -2.42. The molecular weight excluding hydrogens is 842 g/mol. The highest BCUT2D eigenvalue weighted by molar-refractivity contribution is 6.22. The minimum atomic E-state index is -4.71. The summed E-state index contributed by atoms with van der Waals surface area (Å²) in [4.78, 5) is 76.3. The number of anilines is 3. The van der Waals surface area contributed by atoms with Crippen LogP contribution in [0.1, 0.15) is 139 Å². The first-order valence-electron chi connectivity index (χ1n) is 22.6. The number of alkyl halides is 3. The number of aromatic nitrogens is 1. The van der Waals surface area contributed by atoms with Crippen LogP contribution >= 0.6 is 0 Å². The molecule has 0 radical (unpaired) electrons. The molecule has 14 nitrogen and oxygen atoms in total. The molecule has 2 aromatic carbocycles. The Balaban J connectivity index is 0.853. The molecule has 17 heteroatoms. The van der Waals surface area contributed by atoms with Crippen molar-refractivity contribution in [3.8, 4) is 0 Å². The molecule has 2 saturated heterocycles. The normalized spacial score (nSPS) is 19.2. The Bertz CT molecular complexity index is 2300. The summed E-state index contributed by atoms with van der Waals surface area (Å²) in [5, 5.41) is 15.6. The number of carbonyl (C=O) groups is 5. The predicted octanol–water partition coefficient (Wildman–Crippen LogP) is 6.95.